The summed E-state index contributed by atoms with van der Waals surface area (Å²) in [4.78, 5) is 23.7. The van der Waals surface area contributed by atoms with Crippen molar-refractivity contribution in [2.24, 2.45) is 0 Å². The lowest BCUT2D eigenvalue weighted by atomic mass is 10.0. The quantitative estimate of drug-likeness (QED) is 0.905. The molecule has 0 aliphatic carbocycles. The minimum atomic E-state index is -1.06. The summed E-state index contributed by atoms with van der Waals surface area (Å²) in [5.74, 6) is -1.36. The van der Waals surface area contributed by atoms with E-state index in [1.807, 2.05) is 26.0 Å². The molecule has 0 fully saturated rings. The molecule has 0 atom stereocenters. The first kappa shape index (κ1) is 14.8. The fourth-order valence-corrected chi connectivity index (χ4v) is 2.19. The summed E-state index contributed by atoms with van der Waals surface area (Å²) < 4.78 is 0. The molecule has 0 saturated heterocycles. The first-order valence-electron chi connectivity index (χ1n) is 6.62. The lowest BCUT2D eigenvalue weighted by Gasteiger charge is -2.13. The summed E-state index contributed by atoms with van der Waals surface area (Å²) in [6, 6.07) is 10.4. The number of nitrogens with one attached hydrogen (secondary N) is 1. The van der Waals surface area contributed by atoms with Crippen molar-refractivity contribution in [3.63, 3.8) is 0 Å². The van der Waals surface area contributed by atoms with Crippen LogP contribution in [-0.4, -0.2) is 17.0 Å². The molecule has 4 nitrogen and oxygen atoms in total. The molecule has 0 heterocycles. The molecule has 0 saturated carbocycles. The van der Waals surface area contributed by atoms with Gasteiger partial charge in [-0.05, 0) is 49.6 Å². The fourth-order valence-electron chi connectivity index (χ4n) is 2.19. The Bertz CT molecular complexity index is 720. The second-order valence-corrected chi connectivity index (χ2v) is 5.00. The molecule has 0 radical (unpaired) electrons. The van der Waals surface area contributed by atoms with Gasteiger partial charge in [0.2, 0.25) is 0 Å². The maximum absolute atomic E-state index is 12.4. The van der Waals surface area contributed by atoms with Crippen LogP contribution >= 0.6 is 0 Å². The average molecular weight is 283 g/mol. The van der Waals surface area contributed by atoms with Crippen LogP contribution in [0.2, 0.25) is 0 Å². The maximum atomic E-state index is 12.4. The van der Waals surface area contributed by atoms with Crippen molar-refractivity contribution < 1.29 is 14.7 Å². The van der Waals surface area contributed by atoms with Gasteiger partial charge in [-0.2, -0.15) is 0 Å². The largest absolute Gasteiger partial charge is 0.478 e. The molecule has 2 aromatic carbocycles. The molecule has 2 aromatic rings. The van der Waals surface area contributed by atoms with Gasteiger partial charge in [-0.15, -0.1) is 0 Å². The first-order valence-corrected chi connectivity index (χ1v) is 6.62. The number of hydrogen-bond acceptors (Lipinski definition) is 2. The topological polar surface area (TPSA) is 66.4 Å². The van der Waals surface area contributed by atoms with E-state index in [1.54, 1.807) is 25.1 Å². The summed E-state index contributed by atoms with van der Waals surface area (Å²) >= 11 is 0. The predicted octanol–water partition coefficient (Wildman–Crippen LogP) is 3.56. The van der Waals surface area contributed by atoms with E-state index >= 15 is 0 Å². The van der Waals surface area contributed by atoms with Crippen molar-refractivity contribution in [2.75, 3.05) is 5.32 Å². The van der Waals surface area contributed by atoms with E-state index in [2.05, 4.69) is 5.32 Å². The number of anilines is 1. The Morgan fingerprint density at radius 3 is 2.10 bits per heavy atom. The molecule has 0 spiro atoms. The van der Waals surface area contributed by atoms with Gasteiger partial charge in [0.05, 0.1) is 11.3 Å². The molecule has 0 aromatic heterocycles. The van der Waals surface area contributed by atoms with E-state index < -0.39 is 5.97 Å². The number of aryl methyl sites for hydroxylation is 2. The van der Waals surface area contributed by atoms with Crippen molar-refractivity contribution in [2.45, 2.75) is 20.8 Å². The normalized spacial score (nSPS) is 10.2. The molecule has 1 amide bonds. The summed E-state index contributed by atoms with van der Waals surface area (Å²) in [6.07, 6.45) is 0. The van der Waals surface area contributed by atoms with E-state index in [9.17, 15) is 14.7 Å². The highest BCUT2D eigenvalue weighted by atomic mass is 16.4. The van der Waals surface area contributed by atoms with Crippen LogP contribution in [0, 0.1) is 20.8 Å². The van der Waals surface area contributed by atoms with Crippen LogP contribution in [0.1, 0.15) is 37.4 Å². The predicted molar refractivity (Wildman–Crippen MR) is 82.0 cm³/mol. The third-order valence-electron chi connectivity index (χ3n) is 3.59. The molecule has 0 bridgehead atoms. The van der Waals surface area contributed by atoms with Crippen LogP contribution in [-0.2, 0) is 0 Å². The Hall–Kier alpha value is -2.62. The van der Waals surface area contributed by atoms with E-state index in [4.69, 9.17) is 0 Å². The third kappa shape index (κ3) is 2.94. The second kappa shape index (κ2) is 5.79. The van der Waals surface area contributed by atoms with Crippen LogP contribution in [0.4, 0.5) is 5.69 Å². The highest BCUT2D eigenvalue weighted by Crippen LogP contribution is 2.22. The molecule has 0 aliphatic rings. The number of rotatable bonds is 3. The molecule has 2 N–H and O–H groups in total. The van der Waals surface area contributed by atoms with E-state index in [1.165, 1.54) is 6.07 Å². The summed E-state index contributed by atoms with van der Waals surface area (Å²) in [7, 11) is 0. The number of amides is 1. The average Bonchev–Trinajstić information content (AvgIpc) is 2.43. The zero-order valence-corrected chi connectivity index (χ0v) is 12.2. The molecular formula is C17H17NO3. The highest BCUT2D eigenvalue weighted by molar-refractivity contribution is 6.09. The number of carboxylic acids is 1. The SMILES string of the molecule is Cc1cccc(C(=O)Nc2c(C)cccc2C(=O)O)c1C. The third-order valence-corrected chi connectivity index (χ3v) is 3.59. The number of benzene rings is 2. The van der Waals surface area contributed by atoms with Crippen molar-refractivity contribution in [3.8, 4) is 0 Å². The zero-order chi connectivity index (χ0) is 15.6. The van der Waals surface area contributed by atoms with Gasteiger partial charge >= 0.3 is 5.97 Å². The summed E-state index contributed by atoms with van der Waals surface area (Å²) in [6.45, 7) is 5.58. The molecular weight excluding hydrogens is 266 g/mol. The van der Waals surface area contributed by atoms with Crippen molar-refractivity contribution in [3.05, 3.63) is 64.2 Å². The van der Waals surface area contributed by atoms with Gasteiger partial charge in [0, 0.05) is 5.56 Å². The Kier molecular flexibility index (Phi) is 4.08. The van der Waals surface area contributed by atoms with Crippen molar-refractivity contribution in [1.29, 1.82) is 0 Å². The molecule has 0 unspecified atom stereocenters. The number of aromatic carboxylic acids is 1. The lowest BCUT2D eigenvalue weighted by Crippen LogP contribution is -2.17. The van der Waals surface area contributed by atoms with Gasteiger partial charge in [-0.3, -0.25) is 4.79 Å². The summed E-state index contributed by atoms with van der Waals surface area (Å²) in [5, 5.41) is 11.9. The molecule has 2 rings (SSSR count). The lowest BCUT2D eigenvalue weighted by molar-refractivity contribution is 0.0698. The van der Waals surface area contributed by atoms with Crippen molar-refractivity contribution in [1.82, 2.24) is 0 Å². The Morgan fingerprint density at radius 2 is 1.48 bits per heavy atom. The van der Waals surface area contributed by atoms with E-state index in [-0.39, 0.29) is 11.5 Å². The monoisotopic (exact) mass is 283 g/mol. The van der Waals surface area contributed by atoms with Gasteiger partial charge in [-0.25, -0.2) is 4.79 Å². The zero-order valence-electron chi connectivity index (χ0n) is 12.2. The minimum absolute atomic E-state index is 0.0913. The van der Waals surface area contributed by atoms with Crippen LogP contribution < -0.4 is 5.32 Å². The molecule has 0 aliphatic heterocycles. The standard InChI is InChI=1S/C17H17NO3/c1-10-6-4-8-13(12(10)3)16(19)18-15-11(2)7-5-9-14(15)17(20)21/h4-9H,1-3H3,(H,18,19)(H,20,21). The minimum Gasteiger partial charge on any atom is -0.478 e. The van der Waals surface area contributed by atoms with Crippen LogP contribution in [0.3, 0.4) is 0 Å². The maximum Gasteiger partial charge on any atom is 0.337 e. The van der Waals surface area contributed by atoms with E-state index in [0.717, 1.165) is 11.1 Å². The van der Waals surface area contributed by atoms with Gasteiger partial charge in [0.15, 0.2) is 0 Å². The van der Waals surface area contributed by atoms with Crippen molar-refractivity contribution >= 4 is 17.6 Å². The first-order chi connectivity index (χ1) is 9.91. The molecule has 21 heavy (non-hydrogen) atoms. The summed E-state index contributed by atoms with van der Waals surface area (Å²) in [5.41, 5.74) is 3.61. The van der Waals surface area contributed by atoms with Gasteiger partial charge < -0.3 is 10.4 Å². The van der Waals surface area contributed by atoms with E-state index in [0.29, 0.717) is 16.8 Å². The second-order valence-electron chi connectivity index (χ2n) is 5.00. The van der Waals surface area contributed by atoms with Gasteiger partial charge in [-0.1, -0.05) is 24.3 Å². The van der Waals surface area contributed by atoms with Gasteiger partial charge in [0.1, 0.15) is 0 Å². The number of carbonyl (C=O) groups is 2. The highest BCUT2D eigenvalue weighted by Gasteiger charge is 2.16. The molecule has 4 heteroatoms. The van der Waals surface area contributed by atoms with Crippen LogP contribution in [0.15, 0.2) is 36.4 Å². The Labute approximate surface area is 123 Å². The van der Waals surface area contributed by atoms with Gasteiger partial charge in [0.25, 0.3) is 5.91 Å². The molecule has 108 valence electrons. The Morgan fingerprint density at radius 1 is 0.905 bits per heavy atom. The number of carboxylic acid groups (broad SMARTS) is 1. The Balaban J connectivity index is 2.41. The van der Waals surface area contributed by atoms with Crippen LogP contribution in [0.25, 0.3) is 0 Å². The fraction of sp³-hybridized carbons (Fsp3) is 0.176. The smallest absolute Gasteiger partial charge is 0.337 e. The van der Waals surface area contributed by atoms with Crippen LogP contribution in [0.5, 0.6) is 0 Å². The number of hydrogen-bond donors (Lipinski definition) is 2. The number of carbonyl (C=O) groups excluding carboxylic acids is 1. The number of para-hydroxylation sites is 1.